The SMILES string of the molecule is CCC(C)C(=O)OC12CC3CC(C1)CC(OS(=O)(=O)NC)(C3)C2. The van der Waals surface area contributed by atoms with Crippen molar-refractivity contribution in [2.24, 2.45) is 17.8 Å². The predicted octanol–water partition coefficient (Wildman–Crippen LogP) is 2.15. The largest absolute Gasteiger partial charge is 0.459 e. The second kappa shape index (κ2) is 5.70. The third kappa shape index (κ3) is 3.28. The van der Waals surface area contributed by atoms with Crippen LogP contribution in [0.5, 0.6) is 0 Å². The molecule has 23 heavy (non-hydrogen) atoms. The summed E-state index contributed by atoms with van der Waals surface area (Å²) in [5, 5.41) is 0. The maximum atomic E-state index is 12.3. The first-order valence-electron chi connectivity index (χ1n) is 8.57. The fraction of sp³-hybridized carbons (Fsp3) is 0.938. The lowest BCUT2D eigenvalue weighted by atomic mass is 9.52. The maximum absolute atomic E-state index is 12.3. The minimum atomic E-state index is -3.75. The highest BCUT2D eigenvalue weighted by Gasteiger charge is 2.61. The van der Waals surface area contributed by atoms with Crippen LogP contribution >= 0.6 is 0 Å². The van der Waals surface area contributed by atoms with Crippen molar-refractivity contribution in [3.05, 3.63) is 0 Å². The molecule has 0 amide bonds. The van der Waals surface area contributed by atoms with Gasteiger partial charge < -0.3 is 4.74 Å². The summed E-state index contributed by atoms with van der Waals surface area (Å²) < 4.78 is 37.6. The lowest BCUT2D eigenvalue weighted by Gasteiger charge is -2.60. The number of carbonyl (C=O) groups is 1. The van der Waals surface area contributed by atoms with Gasteiger partial charge in [0.25, 0.3) is 0 Å². The Labute approximate surface area is 138 Å². The van der Waals surface area contributed by atoms with Crippen LogP contribution < -0.4 is 4.72 Å². The van der Waals surface area contributed by atoms with Gasteiger partial charge in [0.1, 0.15) is 5.60 Å². The Morgan fingerprint density at radius 1 is 1.22 bits per heavy atom. The van der Waals surface area contributed by atoms with Gasteiger partial charge >= 0.3 is 16.3 Å². The molecule has 0 radical (unpaired) electrons. The Morgan fingerprint density at radius 2 is 1.78 bits per heavy atom. The molecule has 0 aliphatic heterocycles. The van der Waals surface area contributed by atoms with E-state index in [2.05, 4.69) is 4.72 Å². The van der Waals surface area contributed by atoms with E-state index in [-0.39, 0.29) is 11.9 Å². The molecule has 0 saturated heterocycles. The Bertz CT molecular complexity index is 573. The van der Waals surface area contributed by atoms with E-state index in [4.69, 9.17) is 8.92 Å². The third-order valence-corrected chi connectivity index (χ3v) is 6.90. The monoisotopic (exact) mass is 345 g/mol. The second-order valence-corrected chi connectivity index (χ2v) is 9.28. The van der Waals surface area contributed by atoms with Crippen LogP contribution in [0.2, 0.25) is 0 Å². The zero-order chi connectivity index (χ0) is 16.9. The fourth-order valence-corrected chi connectivity index (χ4v) is 5.81. The van der Waals surface area contributed by atoms with Gasteiger partial charge in [-0.1, -0.05) is 13.8 Å². The minimum Gasteiger partial charge on any atom is -0.459 e. The van der Waals surface area contributed by atoms with Gasteiger partial charge in [-0.2, -0.15) is 13.1 Å². The van der Waals surface area contributed by atoms with E-state index in [9.17, 15) is 13.2 Å². The first-order chi connectivity index (χ1) is 10.7. The summed E-state index contributed by atoms with van der Waals surface area (Å²) in [5.74, 6) is 0.475. The molecule has 0 heterocycles. The average molecular weight is 345 g/mol. The van der Waals surface area contributed by atoms with E-state index in [1.165, 1.54) is 7.05 Å². The number of hydrogen-bond donors (Lipinski definition) is 1. The van der Waals surface area contributed by atoms with E-state index in [1.807, 2.05) is 13.8 Å². The van der Waals surface area contributed by atoms with E-state index >= 15 is 0 Å². The van der Waals surface area contributed by atoms with Crippen LogP contribution in [0.25, 0.3) is 0 Å². The molecule has 3 atom stereocenters. The first kappa shape index (κ1) is 17.2. The number of rotatable bonds is 6. The Morgan fingerprint density at radius 3 is 2.30 bits per heavy atom. The van der Waals surface area contributed by atoms with Crippen molar-refractivity contribution in [1.29, 1.82) is 0 Å². The van der Waals surface area contributed by atoms with Gasteiger partial charge in [0.05, 0.1) is 11.5 Å². The number of hydrogen-bond acceptors (Lipinski definition) is 5. The zero-order valence-corrected chi connectivity index (χ0v) is 14.9. The molecule has 0 aromatic rings. The van der Waals surface area contributed by atoms with Crippen molar-refractivity contribution in [2.75, 3.05) is 7.05 Å². The first-order valence-corrected chi connectivity index (χ1v) is 9.98. The summed E-state index contributed by atoms with van der Waals surface area (Å²) in [6, 6.07) is 0. The highest BCUT2D eigenvalue weighted by atomic mass is 32.2. The zero-order valence-electron chi connectivity index (χ0n) is 14.1. The van der Waals surface area contributed by atoms with Gasteiger partial charge in [-0.25, -0.2) is 0 Å². The molecule has 4 aliphatic rings. The molecule has 4 saturated carbocycles. The fourth-order valence-electron chi connectivity index (χ4n) is 5.07. The number of nitrogens with one attached hydrogen (secondary N) is 1. The van der Waals surface area contributed by atoms with Crippen molar-refractivity contribution >= 4 is 16.3 Å². The minimum absolute atomic E-state index is 0.124. The lowest BCUT2D eigenvalue weighted by molar-refractivity contribution is -0.215. The molecule has 6 nitrogen and oxygen atoms in total. The summed E-state index contributed by atoms with van der Waals surface area (Å²) in [6.45, 7) is 3.84. The van der Waals surface area contributed by atoms with Gasteiger partial charge in [0, 0.05) is 13.5 Å². The van der Waals surface area contributed by atoms with E-state index in [1.54, 1.807) is 0 Å². The van der Waals surface area contributed by atoms with Crippen molar-refractivity contribution in [3.63, 3.8) is 0 Å². The second-order valence-electron chi connectivity index (χ2n) is 7.80. The van der Waals surface area contributed by atoms with Gasteiger partial charge in [-0.05, 0) is 50.4 Å². The predicted molar refractivity (Wildman–Crippen MR) is 84.8 cm³/mol. The maximum Gasteiger partial charge on any atom is 0.336 e. The van der Waals surface area contributed by atoms with Crippen LogP contribution in [0.3, 0.4) is 0 Å². The molecule has 0 aromatic heterocycles. The Balaban J connectivity index is 1.83. The molecule has 4 rings (SSSR count). The van der Waals surface area contributed by atoms with Gasteiger partial charge in [-0.15, -0.1) is 0 Å². The average Bonchev–Trinajstić information content (AvgIpc) is 2.43. The lowest BCUT2D eigenvalue weighted by Crippen LogP contribution is -2.62. The third-order valence-electron chi connectivity index (χ3n) is 5.82. The summed E-state index contributed by atoms with van der Waals surface area (Å²) >= 11 is 0. The molecule has 4 bridgehead atoms. The van der Waals surface area contributed by atoms with Gasteiger partial charge in [0.2, 0.25) is 0 Å². The van der Waals surface area contributed by atoms with Gasteiger partial charge in [-0.3, -0.25) is 8.98 Å². The topological polar surface area (TPSA) is 81.7 Å². The van der Waals surface area contributed by atoms with Crippen molar-refractivity contribution in [3.8, 4) is 0 Å². The summed E-state index contributed by atoms with van der Waals surface area (Å²) in [6.07, 6.45) is 5.51. The van der Waals surface area contributed by atoms with Crippen LogP contribution in [0.4, 0.5) is 0 Å². The summed E-state index contributed by atoms with van der Waals surface area (Å²) in [4.78, 5) is 12.3. The molecule has 0 aromatic carbocycles. The van der Waals surface area contributed by atoms with Crippen molar-refractivity contribution in [2.45, 2.75) is 70.0 Å². The highest BCUT2D eigenvalue weighted by Crippen LogP contribution is 2.60. The van der Waals surface area contributed by atoms with Crippen LogP contribution in [-0.4, -0.2) is 32.6 Å². The molecule has 4 fully saturated rings. The molecule has 0 spiro atoms. The number of carbonyl (C=O) groups excluding carboxylic acids is 1. The van der Waals surface area contributed by atoms with Crippen LogP contribution in [0, 0.1) is 17.8 Å². The van der Waals surface area contributed by atoms with E-state index in [0.29, 0.717) is 18.3 Å². The molecular formula is C16H27NO5S. The molecular weight excluding hydrogens is 318 g/mol. The van der Waals surface area contributed by atoms with E-state index in [0.717, 1.165) is 38.5 Å². The van der Waals surface area contributed by atoms with Crippen molar-refractivity contribution < 1.29 is 22.1 Å². The van der Waals surface area contributed by atoms with Gasteiger partial charge in [0.15, 0.2) is 0 Å². The Kier molecular flexibility index (Phi) is 4.26. The van der Waals surface area contributed by atoms with Crippen LogP contribution in [-0.2, 0) is 24.0 Å². The molecule has 132 valence electrons. The summed E-state index contributed by atoms with van der Waals surface area (Å²) in [7, 11) is -2.39. The molecule has 7 heteroatoms. The normalized spacial score (nSPS) is 40.1. The van der Waals surface area contributed by atoms with Crippen LogP contribution in [0.1, 0.15) is 58.8 Å². The Hall–Kier alpha value is -0.660. The van der Waals surface area contributed by atoms with E-state index < -0.39 is 21.5 Å². The molecule has 1 N–H and O–H groups in total. The standard InChI is InChI=1S/C16H27NO5S/c1-4-11(2)14(18)21-15-6-12-5-13(7-15)9-16(8-12,10-15)22-23(19,20)17-3/h11-13,17H,4-10H2,1-3H3. The number of esters is 1. The highest BCUT2D eigenvalue weighted by molar-refractivity contribution is 7.84. The van der Waals surface area contributed by atoms with Crippen LogP contribution in [0.15, 0.2) is 0 Å². The smallest absolute Gasteiger partial charge is 0.336 e. The quantitative estimate of drug-likeness (QED) is 0.746. The summed E-state index contributed by atoms with van der Waals surface area (Å²) in [5.41, 5.74) is -1.24. The number of ether oxygens (including phenoxy) is 1. The molecule has 3 unspecified atom stereocenters. The molecule has 4 aliphatic carbocycles. The van der Waals surface area contributed by atoms with Crippen molar-refractivity contribution in [1.82, 2.24) is 4.72 Å².